The number of sulfonamides is 1. The zero-order valence-corrected chi connectivity index (χ0v) is 16.1. The van der Waals surface area contributed by atoms with Gasteiger partial charge in [-0.05, 0) is 56.9 Å². The summed E-state index contributed by atoms with van der Waals surface area (Å²) >= 11 is 0. The van der Waals surface area contributed by atoms with Gasteiger partial charge >= 0.3 is 6.09 Å². The van der Waals surface area contributed by atoms with Gasteiger partial charge in [0.05, 0.1) is 11.5 Å². The zero-order valence-electron chi connectivity index (χ0n) is 15.3. The molecule has 0 unspecified atom stereocenters. The third-order valence-electron chi connectivity index (χ3n) is 4.68. The smallest absolute Gasteiger partial charge is 0.409 e. The van der Waals surface area contributed by atoms with E-state index in [2.05, 4.69) is 10.0 Å². The highest BCUT2D eigenvalue weighted by Gasteiger charge is 2.28. The van der Waals surface area contributed by atoms with Crippen LogP contribution >= 0.6 is 0 Å². The Kier molecular flexibility index (Phi) is 6.01. The number of hydrogen-bond acceptors (Lipinski definition) is 5. The molecule has 8 nitrogen and oxygen atoms in total. The molecule has 0 radical (unpaired) electrons. The van der Waals surface area contributed by atoms with Crippen LogP contribution in [0.5, 0.6) is 0 Å². The number of hydrogen-bond donors (Lipinski definition) is 2. The highest BCUT2D eigenvalue weighted by atomic mass is 32.2. The van der Waals surface area contributed by atoms with Crippen molar-refractivity contribution in [2.24, 2.45) is 0 Å². The van der Waals surface area contributed by atoms with Crippen LogP contribution in [0.3, 0.4) is 0 Å². The van der Waals surface area contributed by atoms with Crippen molar-refractivity contribution >= 4 is 22.0 Å². The summed E-state index contributed by atoms with van der Waals surface area (Å²) in [7, 11) is -3.68. The Morgan fingerprint density at radius 1 is 1.07 bits per heavy atom. The van der Waals surface area contributed by atoms with Gasteiger partial charge in [0.1, 0.15) is 0 Å². The standard InChI is InChI=1S/C18H25N3O5S/c1-2-26-18(23)21-11-9-15(10-12-21)20-27(24,25)16-7-3-13(4-8-16)17(22)19-14-5-6-14/h3-4,7-8,14-15,20H,2,5-6,9-12H2,1H3,(H,19,22). The number of carbonyl (C=O) groups is 2. The second kappa shape index (κ2) is 8.26. The molecule has 0 bridgehead atoms. The lowest BCUT2D eigenvalue weighted by atomic mass is 10.1. The fourth-order valence-corrected chi connectivity index (χ4v) is 4.27. The first-order chi connectivity index (χ1) is 12.9. The average molecular weight is 395 g/mol. The van der Waals surface area contributed by atoms with Crippen molar-refractivity contribution in [3.05, 3.63) is 29.8 Å². The second-order valence-corrected chi connectivity index (χ2v) is 8.57. The number of ether oxygens (including phenoxy) is 1. The molecule has 27 heavy (non-hydrogen) atoms. The van der Waals surface area contributed by atoms with E-state index in [0.717, 1.165) is 12.8 Å². The Morgan fingerprint density at radius 3 is 2.26 bits per heavy atom. The minimum Gasteiger partial charge on any atom is -0.450 e. The molecule has 1 aromatic carbocycles. The Balaban J connectivity index is 1.55. The maximum absolute atomic E-state index is 12.6. The molecule has 1 aliphatic heterocycles. The maximum atomic E-state index is 12.6. The van der Waals surface area contributed by atoms with Crippen LogP contribution in [0.25, 0.3) is 0 Å². The van der Waals surface area contributed by atoms with Crippen molar-refractivity contribution in [3.63, 3.8) is 0 Å². The van der Waals surface area contributed by atoms with Gasteiger partial charge in [-0.2, -0.15) is 0 Å². The number of benzene rings is 1. The summed E-state index contributed by atoms with van der Waals surface area (Å²) < 4.78 is 32.8. The Labute approximate surface area is 159 Å². The van der Waals surface area contributed by atoms with Crippen LogP contribution in [0.4, 0.5) is 4.79 Å². The normalized spacial score (nSPS) is 18.2. The number of piperidine rings is 1. The van der Waals surface area contributed by atoms with Crippen molar-refractivity contribution in [3.8, 4) is 0 Å². The van der Waals surface area contributed by atoms with E-state index < -0.39 is 10.0 Å². The molecule has 0 spiro atoms. The van der Waals surface area contributed by atoms with E-state index in [1.165, 1.54) is 24.3 Å². The molecule has 1 saturated heterocycles. The monoisotopic (exact) mass is 395 g/mol. The van der Waals surface area contributed by atoms with Crippen molar-refractivity contribution in [1.82, 2.24) is 14.9 Å². The maximum Gasteiger partial charge on any atom is 0.409 e. The number of likely N-dealkylation sites (tertiary alicyclic amines) is 1. The van der Waals surface area contributed by atoms with Gasteiger partial charge in [-0.25, -0.2) is 17.9 Å². The van der Waals surface area contributed by atoms with Crippen LogP contribution < -0.4 is 10.0 Å². The van der Waals surface area contributed by atoms with E-state index in [0.29, 0.717) is 38.1 Å². The molecule has 2 amide bonds. The summed E-state index contributed by atoms with van der Waals surface area (Å²) in [4.78, 5) is 25.4. The van der Waals surface area contributed by atoms with Crippen LogP contribution in [0.2, 0.25) is 0 Å². The fraction of sp³-hybridized carbons (Fsp3) is 0.556. The topological polar surface area (TPSA) is 105 Å². The quantitative estimate of drug-likeness (QED) is 0.759. The molecule has 1 heterocycles. The highest BCUT2D eigenvalue weighted by Crippen LogP contribution is 2.20. The minimum atomic E-state index is -3.68. The van der Waals surface area contributed by atoms with Gasteiger partial charge in [0, 0.05) is 30.7 Å². The third-order valence-corrected chi connectivity index (χ3v) is 6.22. The van der Waals surface area contributed by atoms with Gasteiger partial charge in [0.15, 0.2) is 0 Å². The van der Waals surface area contributed by atoms with Gasteiger partial charge in [0.2, 0.25) is 10.0 Å². The summed E-state index contributed by atoms with van der Waals surface area (Å²) in [6, 6.07) is 5.95. The van der Waals surface area contributed by atoms with Crippen LogP contribution in [-0.2, 0) is 14.8 Å². The van der Waals surface area contributed by atoms with Gasteiger partial charge in [-0.15, -0.1) is 0 Å². The first-order valence-electron chi connectivity index (χ1n) is 9.24. The highest BCUT2D eigenvalue weighted by molar-refractivity contribution is 7.89. The van der Waals surface area contributed by atoms with Crippen molar-refractivity contribution in [1.29, 1.82) is 0 Å². The summed E-state index contributed by atoms with van der Waals surface area (Å²) in [6.45, 7) is 2.97. The number of rotatable bonds is 6. The number of nitrogens with one attached hydrogen (secondary N) is 2. The molecule has 1 aliphatic carbocycles. The Hall–Kier alpha value is -2.13. The predicted molar refractivity (Wildman–Crippen MR) is 98.9 cm³/mol. The SMILES string of the molecule is CCOC(=O)N1CCC(NS(=O)(=O)c2ccc(C(=O)NC3CC3)cc2)CC1. The molecule has 1 saturated carbocycles. The van der Waals surface area contributed by atoms with E-state index in [9.17, 15) is 18.0 Å². The molecule has 2 fully saturated rings. The van der Waals surface area contributed by atoms with Gasteiger partial charge in [0.25, 0.3) is 5.91 Å². The molecule has 2 N–H and O–H groups in total. The largest absolute Gasteiger partial charge is 0.450 e. The molecular formula is C18H25N3O5S. The lowest BCUT2D eigenvalue weighted by Crippen LogP contribution is -2.46. The molecule has 1 aromatic rings. The van der Waals surface area contributed by atoms with Crippen LogP contribution in [0.1, 0.15) is 43.0 Å². The summed E-state index contributed by atoms with van der Waals surface area (Å²) in [5, 5.41) is 2.87. The Bertz CT molecular complexity index is 782. The first kappa shape index (κ1) is 19.6. The van der Waals surface area contributed by atoms with Gasteiger partial charge < -0.3 is 15.0 Å². The molecule has 148 valence electrons. The van der Waals surface area contributed by atoms with E-state index in [-0.39, 0.29) is 29.0 Å². The summed E-state index contributed by atoms with van der Waals surface area (Å²) in [5.41, 5.74) is 0.448. The lowest BCUT2D eigenvalue weighted by molar-refractivity contribution is 0.0947. The predicted octanol–water partition coefficient (Wildman–Crippen LogP) is 1.48. The molecule has 2 aliphatic rings. The lowest BCUT2D eigenvalue weighted by Gasteiger charge is -2.31. The first-order valence-corrected chi connectivity index (χ1v) is 10.7. The van der Waals surface area contributed by atoms with E-state index in [1.807, 2.05) is 0 Å². The molecular weight excluding hydrogens is 370 g/mol. The number of carbonyl (C=O) groups excluding carboxylic acids is 2. The van der Waals surface area contributed by atoms with Crippen LogP contribution in [-0.4, -0.2) is 57.1 Å². The van der Waals surface area contributed by atoms with Crippen molar-refractivity contribution < 1.29 is 22.7 Å². The second-order valence-electron chi connectivity index (χ2n) is 6.85. The summed E-state index contributed by atoms with van der Waals surface area (Å²) in [6.07, 6.45) is 2.69. The average Bonchev–Trinajstić information content (AvgIpc) is 3.46. The molecule has 0 aromatic heterocycles. The number of nitrogens with zero attached hydrogens (tertiary/aromatic N) is 1. The fourth-order valence-electron chi connectivity index (χ4n) is 2.96. The van der Waals surface area contributed by atoms with Gasteiger partial charge in [-0.3, -0.25) is 4.79 Å². The van der Waals surface area contributed by atoms with Crippen LogP contribution in [0, 0.1) is 0 Å². The Morgan fingerprint density at radius 2 is 1.70 bits per heavy atom. The van der Waals surface area contributed by atoms with Crippen molar-refractivity contribution in [2.45, 2.75) is 49.6 Å². The number of amides is 2. The van der Waals surface area contributed by atoms with Crippen LogP contribution in [0.15, 0.2) is 29.2 Å². The zero-order chi connectivity index (χ0) is 19.4. The molecule has 3 rings (SSSR count). The van der Waals surface area contributed by atoms with Crippen molar-refractivity contribution in [2.75, 3.05) is 19.7 Å². The summed E-state index contributed by atoms with van der Waals surface area (Å²) in [5.74, 6) is -0.180. The minimum absolute atomic E-state index is 0.123. The van der Waals surface area contributed by atoms with Gasteiger partial charge in [-0.1, -0.05) is 0 Å². The molecule has 9 heteroatoms. The third kappa shape index (κ3) is 5.20. The van der Waals surface area contributed by atoms with E-state index >= 15 is 0 Å². The molecule has 0 atom stereocenters. The van der Waals surface area contributed by atoms with E-state index in [1.54, 1.807) is 11.8 Å². The van der Waals surface area contributed by atoms with E-state index in [4.69, 9.17) is 4.74 Å².